The van der Waals surface area contributed by atoms with Gasteiger partial charge in [-0.15, -0.1) is 0 Å². The van der Waals surface area contributed by atoms with Gasteiger partial charge < -0.3 is 5.32 Å². The van der Waals surface area contributed by atoms with E-state index in [1.165, 1.54) is 24.1 Å². The number of hydrogen-bond donors (Lipinski definition) is 1. The Morgan fingerprint density at radius 2 is 2.33 bits per heavy atom. The van der Waals surface area contributed by atoms with Crippen molar-refractivity contribution in [2.75, 3.05) is 13.1 Å². The first-order valence-electron chi connectivity index (χ1n) is 4.63. The molecule has 0 radical (unpaired) electrons. The van der Waals surface area contributed by atoms with Crippen LogP contribution in [0.15, 0.2) is 24.3 Å². The molecule has 1 aliphatic rings. The zero-order valence-electron chi connectivity index (χ0n) is 7.51. The highest BCUT2D eigenvalue weighted by Crippen LogP contribution is 2.22. The molecule has 0 unspecified atom stereocenters. The summed E-state index contributed by atoms with van der Waals surface area (Å²) >= 11 is 0. The third-order valence-corrected chi connectivity index (χ3v) is 2.57. The molecule has 0 amide bonds. The Morgan fingerprint density at radius 1 is 1.42 bits per heavy atom. The Morgan fingerprint density at radius 3 is 3.00 bits per heavy atom. The summed E-state index contributed by atoms with van der Waals surface area (Å²) in [5, 5.41) is 3.39. The zero-order valence-corrected chi connectivity index (χ0v) is 7.51. The maximum atomic E-state index is 3.39. The van der Waals surface area contributed by atoms with Crippen LogP contribution in [0.25, 0.3) is 0 Å². The summed E-state index contributed by atoms with van der Waals surface area (Å²) in [6.07, 6.45) is 1.30. The van der Waals surface area contributed by atoms with Gasteiger partial charge in [0.25, 0.3) is 0 Å². The predicted molar refractivity (Wildman–Crippen MR) is 51.4 cm³/mol. The minimum absolute atomic E-state index is 0.755. The molecule has 1 heteroatoms. The Labute approximate surface area is 73.8 Å². The van der Waals surface area contributed by atoms with Gasteiger partial charge in [0, 0.05) is 6.54 Å². The molecule has 2 rings (SSSR count). The lowest BCUT2D eigenvalue weighted by Crippen LogP contribution is -2.07. The van der Waals surface area contributed by atoms with E-state index in [9.17, 15) is 0 Å². The van der Waals surface area contributed by atoms with Crippen LogP contribution >= 0.6 is 0 Å². The fourth-order valence-corrected chi connectivity index (χ4v) is 1.86. The number of nitrogens with one attached hydrogen (secondary N) is 1. The second kappa shape index (κ2) is 3.28. The number of aryl methyl sites for hydroxylation is 1. The van der Waals surface area contributed by atoms with Crippen molar-refractivity contribution in [3.8, 4) is 0 Å². The third-order valence-electron chi connectivity index (χ3n) is 2.57. The molecular weight excluding hydrogens is 146 g/mol. The number of benzene rings is 1. The van der Waals surface area contributed by atoms with E-state index in [-0.39, 0.29) is 0 Å². The van der Waals surface area contributed by atoms with Crippen molar-refractivity contribution < 1.29 is 0 Å². The van der Waals surface area contributed by atoms with Gasteiger partial charge in [-0.1, -0.05) is 29.8 Å². The molecule has 0 spiro atoms. The Balaban J connectivity index is 2.21. The van der Waals surface area contributed by atoms with Gasteiger partial charge in [0.15, 0.2) is 0 Å². The van der Waals surface area contributed by atoms with Crippen LogP contribution in [0, 0.1) is 6.92 Å². The normalized spacial score (nSPS) is 22.9. The van der Waals surface area contributed by atoms with E-state index in [0.717, 1.165) is 12.5 Å². The molecule has 0 bridgehead atoms. The molecule has 1 aliphatic heterocycles. The van der Waals surface area contributed by atoms with Gasteiger partial charge >= 0.3 is 0 Å². The fourth-order valence-electron chi connectivity index (χ4n) is 1.86. The molecule has 12 heavy (non-hydrogen) atoms. The van der Waals surface area contributed by atoms with Gasteiger partial charge in [-0.05, 0) is 31.4 Å². The average molecular weight is 161 g/mol. The molecule has 0 aromatic heterocycles. The highest BCUT2D eigenvalue weighted by molar-refractivity contribution is 5.26. The molecule has 1 heterocycles. The van der Waals surface area contributed by atoms with Gasteiger partial charge in [0.05, 0.1) is 0 Å². The quantitative estimate of drug-likeness (QED) is 0.665. The lowest BCUT2D eigenvalue weighted by atomic mass is 9.97. The summed E-state index contributed by atoms with van der Waals surface area (Å²) in [7, 11) is 0. The van der Waals surface area contributed by atoms with E-state index >= 15 is 0 Å². The maximum absolute atomic E-state index is 3.39. The lowest BCUT2D eigenvalue weighted by molar-refractivity contribution is 0.762. The van der Waals surface area contributed by atoms with Gasteiger partial charge in [-0.3, -0.25) is 0 Å². The molecule has 1 nitrogen and oxygen atoms in total. The summed E-state index contributed by atoms with van der Waals surface area (Å²) in [6.45, 7) is 4.49. The molecule has 0 saturated carbocycles. The molecule has 64 valence electrons. The van der Waals surface area contributed by atoms with Gasteiger partial charge in [-0.25, -0.2) is 0 Å². The highest BCUT2D eigenvalue weighted by Gasteiger charge is 2.15. The SMILES string of the molecule is Cc1cccc([C@H]2CCNC2)c1. The van der Waals surface area contributed by atoms with Crippen molar-refractivity contribution in [2.45, 2.75) is 19.3 Å². The van der Waals surface area contributed by atoms with Crippen LogP contribution in [0.3, 0.4) is 0 Å². The number of rotatable bonds is 1. The standard InChI is InChI=1S/C11H15N/c1-9-3-2-4-10(7-9)11-5-6-12-8-11/h2-4,7,11-12H,5-6,8H2,1H3/t11-/m0/s1. The summed E-state index contributed by atoms with van der Waals surface area (Å²) < 4.78 is 0. The predicted octanol–water partition coefficient (Wildman–Crippen LogP) is 2.07. The van der Waals surface area contributed by atoms with Crippen LogP contribution < -0.4 is 5.32 Å². The van der Waals surface area contributed by atoms with E-state index in [4.69, 9.17) is 0 Å². The zero-order chi connectivity index (χ0) is 8.39. The second-order valence-electron chi connectivity index (χ2n) is 3.60. The summed E-state index contributed by atoms with van der Waals surface area (Å²) in [5.74, 6) is 0.755. The van der Waals surface area contributed by atoms with Crippen molar-refractivity contribution in [3.63, 3.8) is 0 Å². The van der Waals surface area contributed by atoms with Crippen LogP contribution in [0.5, 0.6) is 0 Å². The Hall–Kier alpha value is -0.820. The van der Waals surface area contributed by atoms with E-state index in [1.807, 2.05) is 0 Å². The first-order chi connectivity index (χ1) is 5.86. The molecule has 1 aromatic carbocycles. The summed E-state index contributed by atoms with van der Waals surface area (Å²) in [5.41, 5.74) is 2.87. The molecule has 1 fully saturated rings. The van der Waals surface area contributed by atoms with E-state index in [1.54, 1.807) is 0 Å². The van der Waals surface area contributed by atoms with Crippen LogP contribution in [-0.2, 0) is 0 Å². The van der Waals surface area contributed by atoms with Gasteiger partial charge in [0.2, 0.25) is 0 Å². The van der Waals surface area contributed by atoms with Crippen LogP contribution in [0.1, 0.15) is 23.5 Å². The largest absolute Gasteiger partial charge is 0.316 e. The first kappa shape index (κ1) is 7.81. The topological polar surface area (TPSA) is 12.0 Å². The van der Waals surface area contributed by atoms with E-state index < -0.39 is 0 Å². The van der Waals surface area contributed by atoms with Gasteiger partial charge in [0.1, 0.15) is 0 Å². The van der Waals surface area contributed by atoms with Crippen LogP contribution in [-0.4, -0.2) is 13.1 Å². The first-order valence-corrected chi connectivity index (χ1v) is 4.63. The molecule has 1 aromatic rings. The highest BCUT2D eigenvalue weighted by atomic mass is 14.9. The van der Waals surface area contributed by atoms with Crippen molar-refractivity contribution in [2.24, 2.45) is 0 Å². The van der Waals surface area contributed by atoms with Crippen molar-refractivity contribution in [1.82, 2.24) is 5.32 Å². The van der Waals surface area contributed by atoms with E-state index in [2.05, 4.69) is 36.5 Å². The molecule has 1 atom stereocenters. The summed E-state index contributed by atoms with van der Waals surface area (Å²) in [4.78, 5) is 0. The molecule has 1 saturated heterocycles. The molecule has 0 aliphatic carbocycles. The summed E-state index contributed by atoms with van der Waals surface area (Å²) in [6, 6.07) is 8.86. The molecule has 1 N–H and O–H groups in total. The minimum atomic E-state index is 0.755. The van der Waals surface area contributed by atoms with E-state index in [0.29, 0.717) is 0 Å². The number of hydrogen-bond acceptors (Lipinski definition) is 1. The Kier molecular flexibility index (Phi) is 2.13. The third kappa shape index (κ3) is 1.51. The van der Waals surface area contributed by atoms with Gasteiger partial charge in [-0.2, -0.15) is 0 Å². The monoisotopic (exact) mass is 161 g/mol. The minimum Gasteiger partial charge on any atom is -0.316 e. The smallest absolute Gasteiger partial charge is 0.00206 e. The van der Waals surface area contributed by atoms with Crippen LogP contribution in [0.2, 0.25) is 0 Å². The maximum Gasteiger partial charge on any atom is 0.00206 e. The Bertz CT molecular complexity index is 261. The van der Waals surface area contributed by atoms with Crippen molar-refractivity contribution in [3.05, 3.63) is 35.4 Å². The van der Waals surface area contributed by atoms with Crippen molar-refractivity contribution in [1.29, 1.82) is 0 Å². The fraction of sp³-hybridized carbons (Fsp3) is 0.455. The van der Waals surface area contributed by atoms with Crippen molar-refractivity contribution >= 4 is 0 Å². The average Bonchev–Trinajstić information content (AvgIpc) is 2.56. The second-order valence-corrected chi connectivity index (χ2v) is 3.60. The van der Waals surface area contributed by atoms with Crippen LogP contribution in [0.4, 0.5) is 0 Å². The lowest BCUT2D eigenvalue weighted by Gasteiger charge is -2.08. The molecular formula is C11H15N.